The molecule has 3 rings (SSSR count). The fourth-order valence-corrected chi connectivity index (χ4v) is 2.83. The minimum absolute atomic E-state index is 0.255. The second-order valence-corrected chi connectivity index (χ2v) is 5.73. The summed E-state index contributed by atoms with van der Waals surface area (Å²) in [6.45, 7) is 0. The van der Waals surface area contributed by atoms with Crippen molar-refractivity contribution in [3.8, 4) is 0 Å². The van der Waals surface area contributed by atoms with Crippen LogP contribution in [0.2, 0.25) is 0 Å². The van der Waals surface area contributed by atoms with Crippen molar-refractivity contribution in [2.24, 2.45) is 0 Å². The van der Waals surface area contributed by atoms with Gasteiger partial charge in [0.05, 0.1) is 10.2 Å². The Kier molecular flexibility index (Phi) is 4.16. The molecular formula is C17H12N2O3S. The van der Waals surface area contributed by atoms with Gasteiger partial charge in [-0.1, -0.05) is 53.8 Å². The van der Waals surface area contributed by atoms with E-state index in [0.29, 0.717) is 10.7 Å². The SMILES string of the molecule is O=C(/C=C(\O)c1ccccc1)C(=O)Nc1nc2ccccc2s1. The molecule has 0 aliphatic carbocycles. The number of benzene rings is 2. The Labute approximate surface area is 135 Å². The molecule has 1 amide bonds. The van der Waals surface area contributed by atoms with Crippen LogP contribution in [0.1, 0.15) is 5.56 Å². The van der Waals surface area contributed by atoms with Crippen LogP contribution >= 0.6 is 11.3 Å². The lowest BCUT2D eigenvalue weighted by Gasteiger charge is -2.00. The highest BCUT2D eigenvalue weighted by Crippen LogP contribution is 2.25. The molecular weight excluding hydrogens is 312 g/mol. The highest BCUT2D eigenvalue weighted by atomic mass is 32.1. The van der Waals surface area contributed by atoms with E-state index >= 15 is 0 Å². The average molecular weight is 324 g/mol. The van der Waals surface area contributed by atoms with Crippen molar-refractivity contribution >= 4 is 44.1 Å². The third-order valence-electron chi connectivity index (χ3n) is 3.08. The predicted octanol–water partition coefficient (Wildman–Crippen LogP) is 3.40. The Morgan fingerprint density at radius 3 is 2.48 bits per heavy atom. The van der Waals surface area contributed by atoms with Gasteiger partial charge in [0.1, 0.15) is 5.76 Å². The van der Waals surface area contributed by atoms with E-state index in [0.717, 1.165) is 16.3 Å². The summed E-state index contributed by atoms with van der Waals surface area (Å²) in [5, 5.41) is 12.7. The molecule has 114 valence electrons. The third-order valence-corrected chi connectivity index (χ3v) is 4.03. The fraction of sp³-hybridized carbons (Fsp3) is 0. The molecule has 0 aliphatic rings. The van der Waals surface area contributed by atoms with Crippen molar-refractivity contribution in [1.82, 2.24) is 4.98 Å². The highest BCUT2D eigenvalue weighted by molar-refractivity contribution is 7.22. The van der Waals surface area contributed by atoms with Crippen molar-refractivity contribution in [3.63, 3.8) is 0 Å². The number of ketones is 1. The van der Waals surface area contributed by atoms with Crippen molar-refractivity contribution < 1.29 is 14.7 Å². The molecule has 0 unspecified atom stereocenters. The molecule has 0 bridgehead atoms. The molecule has 5 nitrogen and oxygen atoms in total. The summed E-state index contributed by atoms with van der Waals surface area (Å²) in [6.07, 6.45) is 0.901. The zero-order chi connectivity index (χ0) is 16.2. The van der Waals surface area contributed by atoms with E-state index in [2.05, 4.69) is 10.3 Å². The van der Waals surface area contributed by atoms with Gasteiger partial charge >= 0.3 is 0 Å². The van der Waals surface area contributed by atoms with Gasteiger partial charge in [0.25, 0.3) is 5.91 Å². The lowest BCUT2D eigenvalue weighted by Crippen LogP contribution is -2.21. The maximum absolute atomic E-state index is 11.9. The summed E-state index contributed by atoms with van der Waals surface area (Å²) in [5.41, 5.74) is 1.22. The van der Waals surface area contributed by atoms with Gasteiger partial charge in [-0.2, -0.15) is 0 Å². The zero-order valence-corrected chi connectivity index (χ0v) is 12.7. The number of aliphatic hydroxyl groups excluding tert-OH is 1. The number of carbonyl (C=O) groups excluding carboxylic acids is 2. The Hall–Kier alpha value is -2.99. The van der Waals surface area contributed by atoms with Gasteiger partial charge in [-0.25, -0.2) is 4.98 Å². The Balaban J connectivity index is 1.73. The van der Waals surface area contributed by atoms with Crippen LogP contribution in [0.3, 0.4) is 0 Å². The van der Waals surface area contributed by atoms with Crippen LogP contribution in [0.4, 0.5) is 5.13 Å². The molecule has 0 radical (unpaired) electrons. The first-order valence-corrected chi connectivity index (χ1v) is 7.62. The first kappa shape index (κ1) is 14.9. The number of amides is 1. The Morgan fingerprint density at radius 1 is 1.04 bits per heavy atom. The number of aromatic nitrogens is 1. The lowest BCUT2D eigenvalue weighted by atomic mass is 10.1. The summed E-state index contributed by atoms with van der Waals surface area (Å²) in [4.78, 5) is 28.0. The van der Waals surface area contributed by atoms with E-state index in [1.165, 1.54) is 11.3 Å². The second-order valence-electron chi connectivity index (χ2n) is 4.70. The number of rotatable bonds is 4. The van der Waals surface area contributed by atoms with Crippen molar-refractivity contribution in [2.75, 3.05) is 5.32 Å². The van der Waals surface area contributed by atoms with E-state index in [1.54, 1.807) is 30.3 Å². The summed E-state index contributed by atoms with van der Waals surface area (Å²) >= 11 is 1.28. The van der Waals surface area contributed by atoms with Crippen molar-refractivity contribution in [1.29, 1.82) is 0 Å². The second kappa shape index (κ2) is 6.41. The zero-order valence-electron chi connectivity index (χ0n) is 11.9. The molecule has 0 aliphatic heterocycles. The Bertz CT molecular complexity index is 867. The summed E-state index contributed by atoms with van der Waals surface area (Å²) in [7, 11) is 0. The molecule has 0 saturated carbocycles. The van der Waals surface area contributed by atoms with Crippen molar-refractivity contribution in [3.05, 3.63) is 66.2 Å². The number of aliphatic hydroxyl groups is 1. The fourth-order valence-electron chi connectivity index (χ4n) is 1.97. The van der Waals surface area contributed by atoms with Crippen LogP contribution < -0.4 is 5.32 Å². The molecule has 0 saturated heterocycles. The van der Waals surface area contributed by atoms with Gasteiger partial charge in [0, 0.05) is 11.6 Å². The van der Waals surface area contributed by atoms with Crippen LogP contribution in [0.25, 0.3) is 16.0 Å². The monoisotopic (exact) mass is 324 g/mol. The van der Waals surface area contributed by atoms with Gasteiger partial charge in [-0.15, -0.1) is 0 Å². The van der Waals surface area contributed by atoms with E-state index in [4.69, 9.17) is 0 Å². The standard InChI is InChI=1S/C17H12N2O3S/c20-13(11-6-2-1-3-7-11)10-14(21)16(22)19-17-18-12-8-4-5-9-15(12)23-17/h1-10,20H,(H,18,19,22)/b13-10-. The number of para-hydroxylation sites is 1. The van der Waals surface area contributed by atoms with Gasteiger partial charge in [-0.05, 0) is 12.1 Å². The first-order chi connectivity index (χ1) is 11.1. The normalized spacial score (nSPS) is 11.4. The van der Waals surface area contributed by atoms with Crippen LogP contribution in [0.5, 0.6) is 0 Å². The number of thiazole rings is 1. The molecule has 1 heterocycles. The van der Waals surface area contributed by atoms with Crippen LogP contribution in [0, 0.1) is 0 Å². The molecule has 0 spiro atoms. The number of nitrogens with zero attached hydrogens (tertiary/aromatic N) is 1. The molecule has 0 atom stereocenters. The maximum atomic E-state index is 11.9. The first-order valence-electron chi connectivity index (χ1n) is 6.80. The topological polar surface area (TPSA) is 79.3 Å². The highest BCUT2D eigenvalue weighted by Gasteiger charge is 2.15. The number of carbonyl (C=O) groups is 2. The van der Waals surface area contributed by atoms with E-state index in [-0.39, 0.29) is 5.76 Å². The van der Waals surface area contributed by atoms with Gasteiger partial charge < -0.3 is 5.11 Å². The van der Waals surface area contributed by atoms with E-state index in [9.17, 15) is 14.7 Å². The molecule has 0 fully saturated rings. The molecule has 23 heavy (non-hydrogen) atoms. The lowest BCUT2D eigenvalue weighted by molar-refractivity contribution is -0.131. The van der Waals surface area contributed by atoms with Crippen LogP contribution in [0.15, 0.2) is 60.7 Å². The van der Waals surface area contributed by atoms with Gasteiger partial charge in [-0.3, -0.25) is 14.9 Å². The van der Waals surface area contributed by atoms with Gasteiger partial charge in [0.2, 0.25) is 5.78 Å². The number of hydrogen-bond acceptors (Lipinski definition) is 5. The minimum atomic E-state index is -0.842. The Morgan fingerprint density at radius 2 is 1.74 bits per heavy atom. The molecule has 6 heteroatoms. The predicted molar refractivity (Wildman–Crippen MR) is 90.3 cm³/mol. The van der Waals surface area contributed by atoms with E-state index < -0.39 is 11.7 Å². The largest absolute Gasteiger partial charge is 0.507 e. The summed E-state index contributed by atoms with van der Waals surface area (Å²) in [5.74, 6) is -1.94. The summed E-state index contributed by atoms with van der Waals surface area (Å²) in [6, 6.07) is 16.0. The number of nitrogens with one attached hydrogen (secondary N) is 1. The third kappa shape index (κ3) is 3.44. The van der Waals surface area contributed by atoms with Crippen LogP contribution in [-0.2, 0) is 9.59 Å². The molecule has 2 aromatic carbocycles. The summed E-state index contributed by atoms with van der Waals surface area (Å²) < 4.78 is 0.915. The number of anilines is 1. The number of fused-ring (bicyclic) bond motifs is 1. The minimum Gasteiger partial charge on any atom is -0.507 e. The average Bonchev–Trinajstić information content (AvgIpc) is 2.97. The number of hydrogen-bond donors (Lipinski definition) is 2. The molecule has 3 aromatic rings. The van der Waals surface area contributed by atoms with Crippen LogP contribution in [-0.4, -0.2) is 21.8 Å². The van der Waals surface area contributed by atoms with E-state index in [1.807, 2.05) is 24.3 Å². The molecule has 2 N–H and O–H groups in total. The molecule has 1 aromatic heterocycles. The van der Waals surface area contributed by atoms with Gasteiger partial charge in [0.15, 0.2) is 5.13 Å². The van der Waals surface area contributed by atoms with Crippen molar-refractivity contribution in [2.45, 2.75) is 0 Å². The quantitative estimate of drug-likeness (QED) is 0.438. The maximum Gasteiger partial charge on any atom is 0.298 e. The smallest absolute Gasteiger partial charge is 0.298 e.